The van der Waals surface area contributed by atoms with Crippen molar-refractivity contribution in [1.82, 2.24) is 9.97 Å². The summed E-state index contributed by atoms with van der Waals surface area (Å²) in [5.41, 5.74) is 0.0502. The standard InChI is InChI=1S/C16H16F3N3O2/c1-9-6-11(8-20-7-9)12-4-5-13(14(22-12)16(17,18)19)21-10(2)15(23)24-3/h4-8,10,21H,1-3H3. The second-order valence-electron chi connectivity index (χ2n) is 5.23. The number of anilines is 1. The van der Waals surface area contributed by atoms with E-state index in [4.69, 9.17) is 0 Å². The maximum atomic E-state index is 13.3. The molecule has 0 radical (unpaired) electrons. The number of hydrogen-bond donors (Lipinski definition) is 1. The molecule has 0 amide bonds. The van der Waals surface area contributed by atoms with Crippen molar-refractivity contribution in [2.45, 2.75) is 26.1 Å². The molecule has 0 aliphatic carbocycles. The van der Waals surface area contributed by atoms with Crippen LogP contribution < -0.4 is 5.32 Å². The summed E-state index contributed by atoms with van der Waals surface area (Å²) in [6.07, 6.45) is -1.63. The number of carbonyl (C=O) groups excluding carboxylic acids is 1. The molecule has 2 aromatic heterocycles. The van der Waals surface area contributed by atoms with E-state index in [-0.39, 0.29) is 11.4 Å². The Hall–Kier alpha value is -2.64. The topological polar surface area (TPSA) is 64.1 Å². The highest BCUT2D eigenvalue weighted by Gasteiger charge is 2.36. The highest BCUT2D eigenvalue weighted by molar-refractivity contribution is 5.79. The van der Waals surface area contributed by atoms with Gasteiger partial charge in [-0.2, -0.15) is 13.2 Å². The van der Waals surface area contributed by atoms with Crippen LogP contribution in [0, 0.1) is 6.92 Å². The number of esters is 1. The molecule has 2 rings (SSSR count). The van der Waals surface area contributed by atoms with Crippen LogP contribution in [0.3, 0.4) is 0 Å². The quantitative estimate of drug-likeness (QED) is 0.865. The van der Waals surface area contributed by atoms with Crippen molar-refractivity contribution in [2.75, 3.05) is 12.4 Å². The predicted molar refractivity (Wildman–Crippen MR) is 82.3 cm³/mol. The Morgan fingerprint density at radius 3 is 2.58 bits per heavy atom. The van der Waals surface area contributed by atoms with Gasteiger partial charge in [0.15, 0.2) is 5.69 Å². The van der Waals surface area contributed by atoms with Gasteiger partial charge in [0.25, 0.3) is 0 Å². The van der Waals surface area contributed by atoms with Crippen LogP contribution in [0.25, 0.3) is 11.3 Å². The fourth-order valence-electron chi connectivity index (χ4n) is 2.12. The molecule has 128 valence electrons. The number of rotatable bonds is 4. The average molecular weight is 339 g/mol. The van der Waals surface area contributed by atoms with Gasteiger partial charge in [-0.05, 0) is 37.6 Å². The van der Waals surface area contributed by atoms with Crippen molar-refractivity contribution in [2.24, 2.45) is 0 Å². The third-order valence-corrected chi connectivity index (χ3v) is 3.26. The number of aryl methyl sites for hydroxylation is 1. The molecule has 0 spiro atoms. The molecular formula is C16H16F3N3O2. The van der Waals surface area contributed by atoms with E-state index in [9.17, 15) is 18.0 Å². The lowest BCUT2D eigenvalue weighted by Crippen LogP contribution is -2.28. The molecule has 0 bridgehead atoms. The number of carbonyl (C=O) groups is 1. The summed E-state index contributed by atoms with van der Waals surface area (Å²) in [4.78, 5) is 19.1. The third-order valence-electron chi connectivity index (χ3n) is 3.26. The number of hydrogen-bond acceptors (Lipinski definition) is 5. The number of alkyl halides is 3. The monoisotopic (exact) mass is 339 g/mol. The van der Waals surface area contributed by atoms with Crippen molar-refractivity contribution in [3.63, 3.8) is 0 Å². The minimum absolute atomic E-state index is 0.148. The average Bonchev–Trinajstić information content (AvgIpc) is 2.53. The van der Waals surface area contributed by atoms with Crippen LogP contribution in [0.1, 0.15) is 18.2 Å². The van der Waals surface area contributed by atoms with Gasteiger partial charge in [-0.1, -0.05) is 0 Å². The number of pyridine rings is 2. The molecule has 0 fully saturated rings. The first-order valence-electron chi connectivity index (χ1n) is 7.07. The second-order valence-corrected chi connectivity index (χ2v) is 5.23. The Labute approximate surface area is 136 Å². The number of nitrogens with zero attached hydrogens (tertiary/aromatic N) is 2. The Kier molecular flexibility index (Phi) is 5.06. The van der Waals surface area contributed by atoms with E-state index in [0.717, 1.165) is 12.7 Å². The summed E-state index contributed by atoms with van der Waals surface area (Å²) >= 11 is 0. The highest BCUT2D eigenvalue weighted by Crippen LogP contribution is 2.35. The van der Waals surface area contributed by atoms with E-state index in [2.05, 4.69) is 20.0 Å². The zero-order valence-electron chi connectivity index (χ0n) is 13.3. The van der Waals surface area contributed by atoms with Crippen molar-refractivity contribution in [3.05, 3.63) is 41.9 Å². The Bertz CT molecular complexity index is 748. The van der Waals surface area contributed by atoms with E-state index >= 15 is 0 Å². The number of methoxy groups -OCH3 is 1. The van der Waals surface area contributed by atoms with Gasteiger partial charge >= 0.3 is 12.1 Å². The number of ether oxygens (including phenoxy) is 1. The van der Waals surface area contributed by atoms with E-state index < -0.39 is 23.9 Å². The third kappa shape index (κ3) is 4.01. The molecule has 0 saturated carbocycles. The SMILES string of the molecule is COC(=O)C(C)Nc1ccc(-c2cncc(C)c2)nc1C(F)(F)F. The summed E-state index contributed by atoms with van der Waals surface area (Å²) in [6.45, 7) is 3.19. The molecule has 2 heterocycles. The van der Waals surface area contributed by atoms with Crippen molar-refractivity contribution in [1.29, 1.82) is 0 Å². The van der Waals surface area contributed by atoms with Crippen LogP contribution >= 0.6 is 0 Å². The van der Waals surface area contributed by atoms with Gasteiger partial charge in [-0.15, -0.1) is 0 Å². The first-order chi connectivity index (χ1) is 11.2. The molecule has 1 atom stereocenters. The zero-order valence-corrected chi connectivity index (χ0v) is 13.3. The van der Waals surface area contributed by atoms with Gasteiger partial charge in [0, 0.05) is 18.0 Å². The molecular weight excluding hydrogens is 323 g/mol. The molecule has 5 nitrogen and oxygen atoms in total. The summed E-state index contributed by atoms with van der Waals surface area (Å²) < 4.78 is 44.5. The molecule has 24 heavy (non-hydrogen) atoms. The minimum atomic E-state index is -4.68. The largest absolute Gasteiger partial charge is 0.467 e. The lowest BCUT2D eigenvalue weighted by Gasteiger charge is -2.18. The maximum Gasteiger partial charge on any atom is 0.435 e. The maximum absolute atomic E-state index is 13.3. The van der Waals surface area contributed by atoms with Crippen molar-refractivity contribution >= 4 is 11.7 Å². The summed E-state index contributed by atoms with van der Waals surface area (Å²) in [5, 5.41) is 2.49. The predicted octanol–water partition coefficient (Wildman–Crippen LogP) is 3.44. The lowest BCUT2D eigenvalue weighted by atomic mass is 10.1. The number of aromatic nitrogens is 2. The Balaban J connectivity index is 2.45. The molecule has 0 aliphatic rings. The van der Waals surface area contributed by atoms with E-state index in [1.807, 2.05) is 0 Å². The molecule has 0 saturated heterocycles. The van der Waals surface area contributed by atoms with Crippen LogP contribution in [0.4, 0.5) is 18.9 Å². The molecule has 0 aromatic carbocycles. The molecule has 2 aromatic rings. The van der Waals surface area contributed by atoms with Gasteiger partial charge in [0.1, 0.15) is 6.04 Å². The van der Waals surface area contributed by atoms with Gasteiger partial charge in [0.05, 0.1) is 18.5 Å². The molecule has 1 unspecified atom stereocenters. The van der Waals surface area contributed by atoms with Gasteiger partial charge in [0.2, 0.25) is 0 Å². The van der Waals surface area contributed by atoms with Gasteiger partial charge in [-0.25, -0.2) is 9.78 Å². The number of nitrogens with one attached hydrogen (secondary N) is 1. The fourth-order valence-corrected chi connectivity index (χ4v) is 2.12. The van der Waals surface area contributed by atoms with E-state index in [0.29, 0.717) is 5.56 Å². The smallest absolute Gasteiger partial charge is 0.435 e. The van der Waals surface area contributed by atoms with Crippen LogP contribution in [-0.4, -0.2) is 29.1 Å². The van der Waals surface area contributed by atoms with Crippen LogP contribution in [0.15, 0.2) is 30.6 Å². The first kappa shape index (κ1) is 17.7. The normalized spacial score (nSPS) is 12.6. The second kappa shape index (κ2) is 6.86. The van der Waals surface area contributed by atoms with Crippen molar-refractivity contribution in [3.8, 4) is 11.3 Å². The van der Waals surface area contributed by atoms with Gasteiger partial charge < -0.3 is 10.1 Å². The summed E-state index contributed by atoms with van der Waals surface area (Å²) in [5.74, 6) is -0.671. The minimum Gasteiger partial charge on any atom is -0.467 e. The lowest BCUT2D eigenvalue weighted by molar-refractivity contribution is -0.142. The number of halogens is 3. The fraction of sp³-hybridized carbons (Fsp3) is 0.312. The summed E-state index contributed by atoms with van der Waals surface area (Å²) in [7, 11) is 1.16. The molecule has 1 N–H and O–H groups in total. The van der Waals surface area contributed by atoms with E-state index in [1.165, 1.54) is 25.3 Å². The van der Waals surface area contributed by atoms with Crippen LogP contribution in [0.2, 0.25) is 0 Å². The summed E-state index contributed by atoms with van der Waals surface area (Å²) in [6, 6.07) is 3.44. The van der Waals surface area contributed by atoms with Gasteiger partial charge in [-0.3, -0.25) is 4.98 Å². The molecule has 8 heteroatoms. The Morgan fingerprint density at radius 2 is 2.00 bits per heavy atom. The Morgan fingerprint density at radius 1 is 1.29 bits per heavy atom. The highest BCUT2D eigenvalue weighted by atomic mass is 19.4. The molecule has 0 aliphatic heterocycles. The van der Waals surface area contributed by atoms with Crippen LogP contribution in [0.5, 0.6) is 0 Å². The zero-order chi connectivity index (χ0) is 17.9. The first-order valence-corrected chi connectivity index (χ1v) is 7.07. The van der Waals surface area contributed by atoms with Crippen LogP contribution in [-0.2, 0) is 15.7 Å². The van der Waals surface area contributed by atoms with Crippen molar-refractivity contribution < 1.29 is 22.7 Å². The van der Waals surface area contributed by atoms with E-state index in [1.54, 1.807) is 19.2 Å².